The first kappa shape index (κ1) is 7.30. The highest BCUT2D eigenvalue weighted by molar-refractivity contribution is 5.20. The molecule has 0 aromatic rings. The van der Waals surface area contributed by atoms with Crippen LogP contribution in [0.1, 0.15) is 6.42 Å². The van der Waals surface area contributed by atoms with E-state index in [4.69, 9.17) is 5.26 Å². The van der Waals surface area contributed by atoms with Crippen molar-refractivity contribution >= 4 is 0 Å². The van der Waals surface area contributed by atoms with E-state index < -0.39 is 0 Å². The summed E-state index contributed by atoms with van der Waals surface area (Å²) < 4.78 is 0. The minimum atomic E-state index is 0.426. The lowest BCUT2D eigenvalue weighted by Crippen LogP contribution is -2.14. The van der Waals surface area contributed by atoms with Crippen LogP contribution in [0.15, 0.2) is 12.2 Å². The molecular weight excluding hydrogens is 124 g/mol. The van der Waals surface area contributed by atoms with E-state index >= 15 is 0 Å². The monoisotopic (exact) mass is 136 g/mol. The number of likely N-dealkylation sites (tertiary alicyclic amines) is 1. The lowest BCUT2D eigenvalue weighted by Gasteiger charge is -2.06. The number of rotatable bonds is 1. The Morgan fingerprint density at radius 3 is 2.90 bits per heavy atom. The minimum Gasteiger partial charge on any atom is -0.306 e. The molecule has 1 rings (SSSR count). The van der Waals surface area contributed by atoms with Gasteiger partial charge in [-0.1, -0.05) is 6.58 Å². The van der Waals surface area contributed by atoms with Crippen LogP contribution in [0.2, 0.25) is 0 Å². The quantitative estimate of drug-likeness (QED) is 0.503. The molecule has 0 saturated carbocycles. The van der Waals surface area contributed by atoms with Gasteiger partial charge in [0.1, 0.15) is 0 Å². The smallest absolute Gasteiger partial charge is 0.0944 e. The summed E-state index contributed by atoms with van der Waals surface area (Å²) in [5, 5.41) is 8.51. The third-order valence-corrected chi connectivity index (χ3v) is 2.03. The number of hydrogen-bond acceptors (Lipinski definition) is 2. The molecule has 0 aromatic heterocycles. The third kappa shape index (κ3) is 1.37. The largest absolute Gasteiger partial charge is 0.306 e. The van der Waals surface area contributed by atoms with Crippen LogP contribution in [0, 0.1) is 17.2 Å². The molecule has 54 valence electrons. The van der Waals surface area contributed by atoms with E-state index in [0.29, 0.717) is 5.92 Å². The molecule has 2 heteroatoms. The molecule has 0 aliphatic carbocycles. The molecule has 1 unspecified atom stereocenters. The van der Waals surface area contributed by atoms with Crippen LogP contribution in [0.25, 0.3) is 0 Å². The Balaban J connectivity index is 2.47. The van der Waals surface area contributed by atoms with Gasteiger partial charge in [-0.15, -0.1) is 0 Å². The first-order valence-electron chi connectivity index (χ1n) is 3.51. The highest BCUT2D eigenvalue weighted by Gasteiger charge is 2.21. The Morgan fingerprint density at radius 1 is 1.80 bits per heavy atom. The van der Waals surface area contributed by atoms with Gasteiger partial charge < -0.3 is 4.90 Å². The molecule has 0 amide bonds. The highest BCUT2D eigenvalue weighted by Crippen LogP contribution is 2.20. The summed E-state index contributed by atoms with van der Waals surface area (Å²) in [4.78, 5) is 2.23. The van der Waals surface area contributed by atoms with E-state index in [9.17, 15) is 0 Å². The minimum absolute atomic E-state index is 0.426. The SMILES string of the molecule is C=C(C#N)C1CCN(C)C1. The van der Waals surface area contributed by atoms with Crippen molar-refractivity contribution in [1.82, 2.24) is 4.90 Å². The first-order valence-corrected chi connectivity index (χ1v) is 3.51. The van der Waals surface area contributed by atoms with Gasteiger partial charge >= 0.3 is 0 Å². The van der Waals surface area contributed by atoms with Crippen molar-refractivity contribution in [3.8, 4) is 6.07 Å². The van der Waals surface area contributed by atoms with Crippen molar-refractivity contribution in [3.63, 3.8) is 0 Å². The topological polar surface area (TPSA) is 27.0 Å². The molecule has 0 spiro atoms. The molecule has 1 atom stereocenters. The fraction of sp³-hybridized carbons (Fsp3) is 0.625. The van der Waals surface area contributed by atoms with E-state index in [-0.39, 0.29) is 0 Å². The standard InChI is InChI=1S/C8H12N2/c1-7(5-9)8-3-4-10(2)6-8/h8H,1,3-4,6H2,2H3. The fourth-order valence-electron chi connectivity index (χ4n) is 1.31. The van der Waals surface area contributed by atoms with E-state index in [0.717, 1.165) is 25.1 Å². The number of hydrogen-bond donors (Lipinski definition) is 0. The zero-order valence-electron chi connectivity index (χ0n) is 6.30. The Kier molecular flexibility index (Phi) is 2.08. The second-order valence-electron chi connectivity index (χ2n) is 2.88. The summed E-state index contributed by atoms with van der Waals surface area (Å²) in [6.45, 7) is 5.81. The van der Waals surface area contributed by atoms with E-state index in [1.165, 1.54) is 0 Å². The Labute approximate surface area is 61.8 Å². The van der Waals surface area contributed by atoms with E-state index in [1.807, 2.05) is 0 Å². The van der Waals surface area contributed by atoms with Crippen LogP contribution in [0.5, 0.6) is 0 Å². The molecule has 10 heavy (non-hydrogen) atoms. The molecule has 1 heterocycles. The zero-order valence-corrected chi connectivity index (χ0v) is 6.30. The second kappa shape index (κ2) is 2.85. The predicted molar refractivity (Wildman–Crippen MR) is 40.4 cm³/mol. The molecule has 0 N–H and O–H groups in total. The van der Waals surface area contributed by atoms with Crippen molar-refractivity contribution in [2.45, 2.75) is 6.42 Å². The summed E-state index contributed by atoms with van der Waals surface area (Å²) in [5.74, 6) is 0.426. The van der Waals surface area contributed by atoms with Gasteiger partial charge in [-0.05, 0) is 20.0 Å². The Hall–Kier alpha value is -0.810. The van der Waals surface area contributed by atoms with Crippen molar-refractivity contribution in [1.29, 1.82) is 5.26 Å². The van der Waals surface area contributed by atoms with E-state index in [1.54, 1.807) is 0 Å². The summed E-state index contributed by atoms with van der Waals surface area (Å²) >= 11 is 0. The van der Waals surface area contributed by atoms with Crippen LogP contribution in [-0.4, -0.2) is 25.0 Å². The summed E-state index contributed by atoms with van der Waals surface area (Å²) in [6.07, 6.45) is 1.10. The van der Waals surface area contributed by atoms with Gasteiger partial charge in [-0.3, -0.25) is 0 Å². The first-order chi connectivity index (χ1) is 4.74. The van der Waals surface area contributed by atoms with Gasteiger partial charge in [0.15, 0.2) is 0 Å². The van der Waals surface area contributed by atoms with Crippen LogP contribution in [-0.2, 0) is 0 Å². The summed E-state index contributed by atoms with van der Waals surface area (Å²) in [7, 11) is 2.07. The van der Waals surface area contributed by atoms with Gasteiger partial charge in [-0.2, -0.15) is 5.26 Å². The molecule has 0 bridgehead atoms. The maximum Gasteiger partial charge on any atom is 0.0944 e. The Bertz CT molecular complexity index is 178. The lowest BCUT2D eigenvalue weighted by molar-refractivity contribution is 0.406. The van der Waals surface area contributed by atoms with Crippen LogP contribution in [0.3, 0.4) is 0 Å². The highest BCUT2D eigenvalue weighted by atomic mass is 15.1. The average Bonchev–Trinajstić information content (AvgIpc) is 2.34. The number of nitriles is 1. The molecule has 1 saturated heterocycles. The predicted octanol–water partition coefficient (Wildman–Crippen LogP) is 1.02. The van der Waals surface area contributed by atoms with Crippen molar-refractivity contribution in [2.75, 3.05) is 20.1 Å². The van der Waals surface area contributed by atoms with Gasteiger partial charge in [0.2, 0.25) is 0 Å². The van der Waals surface area contributed by atoms with Crippen molar-refractivity contribution in [2.24, 2.45) is 5.92 Å². The summed E-state index contributed by atoms with van der Waals surface area (Å²) in [6, 6.07) is 2.11. The second-order valence-corrected chi connectivity index (χ2v) is 2.88. The summed E-state index contributed by atoms with van der Waals surface area (Å²) in [5.41, 5.74) is 0.740. The maximum atomic E-state index is 8.51. The lowest BCUT2D eigenvalue weighted by atomic mass is 10.0. The molecule has 0 aromatic carbocycles. The fourth-order valence-corrected chi connectivity index (χ4v) is 1.31. The van der Waals surface area contributed by atoms with Crippen LogP contribution in [0.4, 0.5) is 0 Å². The van der Waals surface area contributed by atoms with Crippen LogP contribution < -0.4 is 0 Å². The third-order valence-electron chi connectivity index (χ3n) is 2.03. The van der Waals surface area contributed by atoms with Gasteiger partial charge in [0, 0.05) is 18.0 Å². The van der Waals surface area contributed by atoms with Gasteiger partial charge in [-0.25, -0.2) is 0 Å². The molecule has 0 radical (unpaired) electrons. The average molecular weight is 136 g/mol. The van der Waals surface area contributed by atoms with Gasteiger partial charge in [0.25, 0.3) is 0 Å². The van der Waals surface area contributed by atoms with Crippen molar-refractivity contribution in [3.05, 3.63) is 12.2 Å². The van der Waals surface area contributed by atoms with Crippen LogP contribution >= 0.6 is 0 Å². The van der Waals surface area contributed by atoms with Crippen molar-refractivity contribution < 1.29 is 0 Å². The molecular formula is C8H12N2. The molecule has 1 aliphatic heterocycles. The maximum absolute atomic E-state index is 8.51. The van der Waals surface area contributed by atoms with E-state index in [2.05, 4.69) is 24.6 Å². The normalized spacial score (nSPS) is 26.2. The molecule has 1 fully saturated rings. The van der Waals surface area contributed by atoms with Gasteiger partial charge in [0.05, 0.1) is 6.07 Å². The molecule has 2 nitrogen and oxygen atoms in total. The zero-order chi connectivity index (χ0) is 7.56. The Morgan fingerprint density at radius 2 is 2.50 bits per heavy atom. The molecule has 1 aliphatic rings. The number of nitrogens with zero attached hydrogens (tertiary/aromatic N) is 2.